The minimum Gasteiger partial charge on any atom is -0.362 e. The van der Waals surface area contributed by atoms with Crippen LogP contribution in [0.2, 0.25) is 0 Å². The first-order valence-corrected chi connectivity index (χ1v) is 5.06. The maximum atomic E-state index is 6.03. The van der Waals surface area contributed by atoms with Gasteiger partial charge < -0.3 is 9.47 Å². The zero-order chi connectivity index (χ0) is 10.1. The van der Waals surface area contributed by atoms with E-state index in [4.69, 9.17) is 44.3 Å². The van der Waals surface area contributed by atoms with Crippen LogP contribution in [0.25, 0.3) is 0 Å². The number of halogens is 3. The highest BCUT2D eigenvalue weighted by atomic mass is 35.5. The molecular formula is C7H12Cl3NO2. The van der Waals surface area contributed by atoms with E-state index in [9.17, 15) is 0 Å². The van der Waals surface area contributed by atoms with Crippen molar-refractivity contribution in [1.29, 1.82) is 0 Å². The Bertz CT molecular complexity index is 179. The van der Waals surface area contributed by atoms with Gasteiger partial charge in [-0.15, -0.1) is 0 Å². The molecule has 2 atom stereocenters. The van der Waals surface area contributed by atoms with Crippen LogP contribution in [0.3, 0.4) is 0 Å². The number of alkyl halides is 3. The van der Waals surface area contributed by atoms with Crippen LogP contribution in [0.15, 0.2) is 0 Å². The first kappa shape index (κ1) is 11.8. The van der Waals surface area contributed by atoms with E-state index < -0.39 is 16.1 Å². The van der Waals surface area contributed by atoms with Crippen LogP contribution < -0.4 is 0 Å². The Kier molecular flexibility index (Phi) is 4.10. The Morgan fingerprint density at radius 1 is 1.62 bits per heavy atom. The van der Waals surface area contributed by atoms with Gasteiger partial charge in [0.1, 0.15) is 6.23 Å². The van der Waals surface area contributed by atoms with Crippen LogP contribution in [-0.2, 0) is 9.47 Å². The van der Waals surface area contributed by atoms with Crippen LogP contribution in [0.5, 0.6) is 0 Å². The van der Waals surface area contributed by atoms with Crippen LogP contribution in [0.4, 0.5) is 0 Å². The number of likely N-dealkylation sites (N-methyl/N-ethyl adjacent to an activating group) is 1. The molecule has 1 saturated heterocycles. The maximum Gasteiger partial charge on any atom is 0.197 e. The zero-order valence-corrected chi connectivity index (χ0v) is 9.73. The summed E-state index contributed by atoms with van der Waals surface area (Å²) in [6.45, 7) is 1.40. The standard InChI is InChI=1S/C7H12Cl3NO2/c1-11-3-4-13-6(11)7(9,10)5(8)12-2/h5-6H,3-4H2,1-2H3/t5-,6?/m1/s1. The van der Waals surface area contributed by atoms with Gasteiger partial charge in [0.05, 0.1) is 6.61 Å². The summed E-state index contributed by atoms with van der Waals surface area (Å²) in [6.07, 6.45) is -0.418. The molecule has 1 fully saturated rings. The second-order valence-corrected chi connectivity index (χ2v) is 4.77. The first-order valence-electron chi connectivity index (χ1n) is 3.86. The van der Waals surface area contributed by atoms with Crippen LogP contribution in [-0.4, -0.2) is 48.3 Å². The van der Waals surface area contributed by atoms with E-state index in [0.29, 0.717) is 6.61 Å². The minimum absolute atomic E-state index is 0.418. The number of ether oxygens (including phenoxy) is 2. The molecule has 1 rings (SSSR count). The van der Waals surface area contributed by atoms with Crippen molar-refractivity contribution in [3.8, 4) is 0 Å². The third-order valence-electron chi connectivity index (χ3n) is 1.96. The van der Waals surface area contributed by atoms with Crippen LogP contribution in [0.1, 0.15) is 0 Å². The lowest BCUT2D eigenvalue weighted by Gasteiger charge is -2.32. The Morgan fingerprint density at radius 3 is 2.62 bits per heavy atom. The highest BCUT2D eigenvalue weighted by Gasteiger charge is 2.47. The Hall–Kier alpha value is 0.750. The van der Waals surface area contributed by atoms with Gasteiger partial charge in [-0.25, -0.2) is 0 Å². The first-order chi connectivity index (χ1) is 6.00. The van der Waals surface area contributed by atoms with Gasteiger partial charge in [0, 0.05) is 13.7 Å². The predicted molar refractivity (Wildman–Crippen MR) is 53.5 cm³/mol. The third-order valence-corrected chi connectivity index (χ3v) is 3.47. The van der Waals surface area contributed by atoms with E-state index >= 15 is 0 Å². The molecule has 0 aliphatic carbocycles. The van der Waals surface area contributed by atoms with E-state index in [1.807, 2.05) is 11.9 Å². The fourth-order valence-electron chi connectivity index (χ4n) is 1.23. The molecule has 0 bridgehead atoms. The summed E-state index contributed by atoms with van der Waals surface area (Å²) in [6, 6.07) is 0. The number of nitrogens with zero attached hydrogens (tertiary/aromatic N) is 1. The zero-order valence-electron chi connectivity index (χ0n) is 7.47. The number of rotatable bonds is 3. The minimum atomic E-state index is -1.25. The molecular weight excluding hydrogens is 236 g/mol. The van der Waals surface area contributed by atoms with Crippen molar-refractivity contribution in [1.82, 2.24) is 4.90 Å². The van der Waals surface area contributed by atoms with Crippen molar-refractivity contribution in [2.24, 2.45) is 0 Å². The Morgan fingerprint density at radius 2 is 2.23 bits per heavy atom. The Labute approximate surface area is 92.8 Å². The molecule has 0 amide bonds. The second-order valence-electron chi connectivity index (χ2n) is 2.93. The van der Waals surface area contributed by atoms with Crippen molar-refractivity contribution in [3.63, 3.8) is 0 Å². The second kappa shape index (κ2) is 4.51. The topological polar surface area (TPSA) is 21.7 Å². The molecule has 0 aromatic carbocycles. The van der Waals surface area contributed by atoms with Crippen molar-refractivity contribution < 1.29 is 9.47 Å². The quantitative estimate of drug-likeness (QED) is 0.709. The molecule has 1 unspecified atom stereocenters. The monoisotopic (exact) mass is 247 g/mol. The molecule has 0 spiro atoms. The van der Waals surface area contributed by atoms with Gasteiger partial charge in [-0.1, -0.05) is 34.8 Å². The molecule has 0 saturated carbocycles. The summed E-state index contributed by atoms with van der Waals surface area (Å²) in [7, 11) is 3.32. The number of methoxy groups -OCH3 is 1. The highest BCUT2D eigenvalue weighted by Crippen LogP contribution is 2.37. The lowest BCUT2D eigenvalue weighted by atomic mass is 10.3. The SMILES string of the molecule is CO[C@@H](Cl)C(Cl)(Cl)C1OCCN1C. The molecule has 0 aromatic rings. The molecule has 1 aliphatic rings. The van der Waals surface area contributed by atoms with Crippen molar-refractivity contribution in [2.75, 3.05) is 27.3 Å². The number of hydrogen-bond acceptors (Lipinski definition) is 3. The average molecular weight is 249 g/mol. The summed E-state index contributed by atoms with van der Waals surface area (Å²) in [5.74, 6) is 0. The number of hydrogen-bond donors (Lipinski definition) is 0. The molecule has 13 heavy (non-hydrogen) atoms. The summed E-state index contributed by atoms with van der Waals surface area (Å²) < 4.78 is 8.97. The van der Waals surface area contributed by atoms with Crippen LogP contribution in [0, 0.1) is 0 Å². The fourth-order valence-corrected chi connectivity index (χ4v) is 1.97. The van der Waals surface area contributed by atoms with E-state index in [2.05, 4.69) is 0 Å². The third kappa shape index (κ3) is 2.41. The predicted octanol–water partition coefficient (Wildman–Crippen LogP) is 1.66. The summed E-state index contributed by atoms with van der Waals surface area (Å²) in [5.41, 5.74) is -0.790. The molecule has 3 nitrogen and oxygen atoms in total. The van der Waals surface area contributed by atoms with Gasteiger partial charge in [-0.3, -0.25) is 4.90 Å². The van der Waals surface area contributed by atoms with Gasteiger partial charge in [-0.2, -0.15) is 0 Å². The van der Waals surface area contributed by atoms with E-state index in [0.717, 1.165) is 6.54 Å². The van der Waals surface area contributed by atoms with E-state index in [1.54, 1.807) is 0 Å². The van der Waals surface area contributed by atoms with Crippen LogP contribution >= 0.6 is 34.8 Å². The van der Waals surface area contributed by atoms with Gasteiger partial charge in [0.25, 0.3) is 0 Å². The summed E-state index contributed by atoms with van der Waals surface area (Å²) in [4.78, 5) is 1.90. The van der Waals surface area contributed by atoms with Crippen molar-refractivity contribution in [2.45, 2.75) is 16.1 Å². The van der Waals surface area contributed by atoms with Crippen molar-refractivity contribution >= 4 is 34.8 Å². The largest absolute Gasteiger partial charge is 0.362 e. The van der Waals surface area contributed by atoms with Crippen molar-refractivity contribution in [3.05, 3.63) is 0 Å². The molecule has 78 valence electrons. The fraction of sp³-hybridized carbons (Fsp3) is 1.00. The molecule has 0 N–H and O–H groups in total. The lowest BCUT2D eigenvalue weighted by Crippen LogP contribution is -2.47. The normalized spacial score (nSPS) is 27.9. The Balaban J connectivity index is 2.67. The molecule has 6 heteroatoms. The molecule has 0 aromatic heterocycles. The molecule has 0 radical (unpaired) electrons. The van der Waals surface area contributed by atoms with Gasteiger partial charge >= 0.3 is 0 Å². The van der Waals surface area contributed by atoms with E-state index in [-0.39, 0.29) is 0 Å². The average Bonchev–Trinajstić information content (AvgIpc) is 2.50. The summed E-state index contributed by atoms with van der Waals surface area (Å²) in [5, 5.41) is 0. The van der Waals surface area contributed by atoms with Gasteiger partial charge in [0.2, 0.25) is 0 Å². The maximum absolute atomic E-state index is 6.03. The molecule has 1 aliphatic heterocycles. The van der Waals surface area contributed by atoms with E-state index in [1.165, 1.54) is 7.11 Å². The summed E-state index contributed by atoms with van der Waals surface area (Å²) >= 11 is 17.9. The lowest BCUT2D eigenvalue weighted by molar-refractivity contribution is 0.000549. The molecule has 1 heterocycles. The smallest absolute Gasteiger partial charge is 0.197 e. The van der Waals surface area contributed by atoms with Gasteiger partial charge in [-0.05, 0) is 7.05 Å². The van der Waals surface area contributed by atoms with Gasteiger partial charge in [0.15, 0.2) is 9.90 Å². The highest BCUT2D eigenvalue weighted by molar-refractivity contribution is 6.52.